The first-order valence-corrected chi connectivity index (χ1v) is 4.09. The van der Waals surface area contributed by atoms with Gasteiger partial charge in [0.2, 0.25) is 0 Å². The van der Waals surface area contributed by atoms with E-state index in [-0.39, 0.29) is 12.1 Å². The van der Waals surface area contributed by atoms with Gasteiger partial charge < -0.3 is 9.94 Å². The smallest absolute Gasteiger partial charge is 0.302 e. The molecule has 0 atom stereocenters. The molecular formula is C8H13NO3. The van der Waals surface area contributed by atoms with Crippen LogP contribution in [0, 0.1) is 0 Å². The molecule has 0 heterocycles. The molecule has 0 aliphatic heterocycles. The maximum atomic E-state index is 10.6. The Hall–Kier alpha value is -1.06. The maximum Gasteiger partial charge on any atom is 0.302 e. The quantitative estimate of drug-likeness (QED) is 0.367. The Kier molecular flexibility index (Phi) is 3.08. The van der Waals surface area contributed by atoms with Crippen molar-refractivity contribution in [2.24, 2.45) is 5.16 Å². The van der Waals surface area contributed by atoms with E-state index in [1.54, 1.807) is 0 Å². The molecule has 12 heavy (non-hydrogen) atoms. The highest BCUT2D eigenvalue weighted by atomic mass is 16.5. The molecule has 4 nitrogen and oxygen atoms in total. The summed E-state index contributed by atoms with van der Waals surface area (Å²) in [6.07, 6.45) is 3.04. The average molecular weight is 171 g/mol. The predicted octanol–water partition coefficient (Wildman–Crippen LogP) is 1.32. The Bertz CT molecular complexity index is 190. The van der Waals surface area contributed by atoms with Gasteiger partial charge in [0.1, 0.15) is 6.10 Å². The molecule has 1 rings (SSSR count). The van der Waals surface area contributed by atoms with E-state index in [9.17, 15) is 4.79 Å². The Balaban J connectivity index is 2.31. The number of hydrogen-bond acceptors (Lipinski definition) is 4. The van der Waals surface area contributed by atoms with Gasteiger partial charge in [0.15, 0.2) is 0 Å². The molecule has 0 spiro atoms. The molecule has 1 saturated carbocycles. The minimum Gasteiger partial charge on any atom is -0.463 e. The van der Waals surface area contributed by atoms with E-state index in [0.29, 0.717) is 0 Å². The largest absolute Gasteiger partial charge is 0.463 e. The summed E-state index contributed by atoms with van der Waals surface area (Å²) in [4.78, 5) is 10.6. The van der Waals surface area contributed by atoms with Crippen LogP contribution in [-0.4, -0.2) is 23.0 Å². The Labute approximate surface area is 71.2 Å². The number of nitrogens with zero attached hydrogens (tertiary/aromatic N) is 1. The van der Waals surface area contributed by atoms with Crippen LogP contribution in [0.5, 0.6) is 0 Å². The lowest BCUT2D eigenvalue weighted by Gasteiger charge is -2.21. The third kappa shape index (κ3) is 2.53. The molecule has 1 fully saturated rings. The van der Waals surface area contributed by atoms with E-state index in [1.807, 2.05) is 0 Å². The first-order valence-electron chi connectivity index (χ1n) is 4.09. The van der Waals surface area contributed by atoms with E-state index >= 15 is 0 Å². The molecule has 0 aromatic rings. The van der Waals surface area contributed by atoms with Crippen LogP contribution in [0.3, 0.4) is 0 Å². The highest BCUT2D eigenvalue weighted by Gasteiger charge is 2.19. The number of ether oxygens (including phenoxy) is 1. The zero-order valence-corrected chi connectivity index (χ0v) is 7.12. The van der Waals surface area contributed by atoms with Crippen molar-refractivity contribution in [3.63, 3.8) is 0 Å². The van der Waals surface area contributed by atoms with Gasteiger partial charge in [-0.15, -0.1) is 0 Å². The van der Waals surface area contributed by atoms with Gasteiger partial charge in [-0.05, 0) is 25.7 Å². The SMILES string of the molecule is CC(=O)OC1CCC(=NO)CC1. The summed E-state index contributed by atoms with van der Waals surface area (Å²) in [5.41, 5.74) is 0.804. The fourth-order valence-corrected chi connectivity index (χ4v) is 1.38. The highest BCUT2D eigenvalue weighted by molar-refractivity contribution is 5.84. The van der Waals surface area contributed by atoms with Crippen LogP contribution in [0.25, 0.3) is 0 Å². The van der Waals surface area contributed by atoms with Crippen molar-refractivity contribution in [2.45, 2.75) is 38.7 Å². The maximum absolute atomic E-state index is 10.6. The first-order chi connectivity index (χ1) is 5.72. The second kappa shape index (κ2) is 4.09. The van der Waals surface area contributed by atoms with Crippen molar-refractivity contribution in [1.29, 1.82) is 0 Å². The molecule has 1 aliphatic rings. The predicted molar refractivity (Wildman–Crippen MR) is 43.2 cm³/mol. The molecule has 1 N–H and O–H groups in total. The molecule has 0 aromatic heterocycles. The number of hydrogen-bond donors (Lipinski definition) is 1. The van der Waals surface area contributed by atoms with Gasteiger partial charge in [0.25, 0.3) is 0 Å². The number of oxime groups is 1. The van der Waals surface area contributed by atoms with Crippen molar-refractivity contribution < 1.29 is 14.7 Å². The van der Waals surface area contributed by atoms with Gasteiger partial charge in [-0.2, -0.15) is 0 Å². The molecule has 0 radical (unpaired) electrons. The molecule has 4 heteroatoms. The lowest BCUT2D eigenvalue weighted by Crippen LogP contribution is -2.23. The second-order valence-electron chi connectivity index (χ2n) is 2.98. The van der Waals surface area contributed by atoms with Crippen LogP contribution in [-0.2, 0) is 9.53 Å². The van der Waals surface area contributed by atoms with Gasteiger partial charge >= 0.3 is 5.97 Å². The minimum atomic E-state index is -0.232. The fraction of sp³-hybridized carbons (Fsp3) is 0.750. The Morgan fingerprint density at radius 2 is 2.17 bits per heavy atom. The van der Waals surface area contributed by atoms with Gasteiger partial charge in [0, 0.05) is 6.92 Å². The molecule has 0 saturated heterocycles. The monoisotopic (exact) mass is 171 g/mol. The molecule has 0 amide bonds. The summed E-state index contributed by atoms with van der Waals surface area (Å²) >= 11 is 0. The third-order valence-electron chi connectivity index (χ3n) is 1.98. The van der Waals surface area contributed by atoms with E-state index in [0.717, 1.165) is 31.4 Å². The van der Waals surface area contributed by atoms with E-state index < -0.39 is 0 Å². The van der Waals surface area contributed by atoms with Crippen LogP contribution in [0.2, 0.25) is 0 Å². The molecule has 0 bridgehead atoms. The lowest BCUT2D eigenvalue weighted by atomic mass is 9.96. The van der Waals surface area contributed by atoms with E-state index in [2.05, 4.69) is 5.16 Å². The summed E-state index contributed by atoms with van der Waals surface area (Å²) in [6, 6.07) is 0. The average Bonchev–Trinajstić information content (AvgIpc) is 2.05. The molecule has 0 aromatic carbocycles. The van der Waals surface area contributed by atoms with Crippen molar-refractivity contribution in [1.82, 2.24) is 0 Å². The molecule has 1 aliphatic carbocycles. The van der Waals surface area contributed by atoms with Gasteiger partial charge in [-0.1, -0.05) is 5.16 Å². The number of esters is 1. The normalized spacial score (nSPS) is 23.4. The van der Waals surface area contributed by atoms with Crippen molar-refractivity contribution >= 4 is 11.7 Å². The minimum absolute atomic E-state index is 0.0213. The number of carbonyl (C=O) groups excluding carboxylic acids is 1. The molecular weight excluding hydrogens is 158 g/mol. The van der Waals surface area contributed by atoms with Gasteiger partial charge in [0.05, 0.1) is 5.71 Å². The van der Waals surface area contributed by atoms with Gasteiger partial charge in [-0.25, -0.2) is 0 Å². The third-order valence-corrected chi connectivity index (χ3v) is 1.98. The van der Waals surface area contributed by atoms with Gasteiger partial charge in [-0.3, -0.25) is 4.79 Å². The summed E-state index contributed by atoms with van der Waals surface area (Å²) in [5.74, 6) is -0.232. The van der Waals surface area contributed by atoms with Crippen molar-refractivity contribution in [3.8, 4) is 0 Å². The Morgan fingerprint density at radius 1 is 1.58 bits per heavy atom. The number of rotatable bonds is 1. The summed E-state index contributed by atoms with van der Waals surface area (Å²) in [7, 11) is 0. The zero-order chi connectivity index (χ0) is 8.97. The summed E-state index contributed by atoms with van der Waals surface area (Å²) < 4.78 is 5.01. The fourth-order valence-electron chi connectivity index (χ4n) is 1.38. The number of carbonyl (C=O) groups is 1. The molecule has 68 valence electrons. The van der Waals surface area contributed by atoms with Crippen molar-refractivity contribution in [2.75, 3.05) is 0 Å². The standard InChI is InChI=1S/C8H13NO3/c1-6(10)12-8-4-2-7(9-11)3-5-8/h8,11H,2-5H2,1H3. The first kappa shape index (κ1) is 9.03. The second-order valence-corrected chi connectivity index (χ2v) is 2.98. The van der Waals surface area contributed by atoms with E-state index in [4.69, 9.17) is 9.94 Å². The topological polar surface area (TPSA) is 58.9 Å². The lowest BCUT2D eigenvalue weighted by molar-refractivity contribution is -0.147. The van der Waals surface area contributed by atoms with Crippen LogP contribution < -0.4 is 0 Å². The van der Waals surface area contributed by atoms with E-state index in [1.165, 1.54) is 6.92 Å². The van der Waals surface area contributed by atoms with Crippen LogP contribution >= 0.6 is 0 Å². The van der Waals surface area contributed by atoms with Crippen molar-refractivity contribution in [3.05, 3.63) is 0 Å². The Morgan fingerprint density at radius 3 is 2.58 bits per heavy atom. The highest BCUT2D eigenvalue weighted by Crippen LogP contribution is 2.18. The van der Waals surface area contributed by atoms with Crippen LogP contribution in [0.15, 0.2) is 5.16 Å². The summed E-state index contributed by atoms with van der Waals surface area (Å²) in [6.45, 7) is 1.41. The zero-order valence-electron chi connectivity index (χ0n) is 7.12. The summed E-state index contributed by atoms with van der Waals surface area (Å²) in [5, 5.41) is 11.6. The molecule has 0 unspecified atom stereocenters. The van der Waals surface area contributed by atoms with Crippen LogP contribution in [0.1, 0.15) is 32.6 Å². The van der Waals surface area contributed by atoms with Crippen LogP contribution in [0.4, 0.5) is 0 Å².